The highest BCUT2D eigenvalue weighted by Gasteiger charge is 2.23. The summed E-state index contributed by atoms with van der Waals surface area (Å²) in [6.07, 6.45) is 2.48. The number of para-hydroxylation sites is 1. The van der Waals surface area contributed by atoms with E-state index in [-0.39, 0.29) is 6.61 Å². The van der Waals surface area contributed by atoms with E-state index in [4.69, 9.17) is 9.84 Å². The molecule has 0 amide bonds. The van der Waals surface area contributed by atoms with Gasteiger partial charge in [-0.3, -0.25) is 9.80 Å². The molecular formula is C22H30N2O2. The van der Waals surface area contributed by atoms with Crippen LogP contribution in [0.5, 0.6) is 5.75 Å². The zero-order valence-electron chi connectivity index (χ0n) is 15.7. The zero-order chi connectivity index (χ0) is 18.2. The van der Waals surface area contributed by atoms with Gasteiger partial charge in [-0.05, 0) is 38.1 Å². The van der Waals surface area contributed by atoms with Crippen molar-refractivity contribution in [3.05, 3.63) is 65.7 Å². The average Bonchev–Trinajstić information content (AvgIpc) is 2.68. The molecule has 26 heavy (non-hydrogen) atoms. The third kappa shape index (κ3) is 5.31. The van der Waals surface area contributed by atoms with E-state index in [1.807, 2.05) is 12.1 Å². The summed E-state index contributed by atoms with van der Waals surface area (Å²) >= 11 is 0. The van der Waals surface area contributed by atoms with Gasteiger partial charge in [0.15, 0.2) is 0 Å². The molecular weight excluding hydrogens is 324 g/mol. The smallest absolute Gasteiger partial charge is 0.123 e. The molecule has 1 heterocycles. The highest BCUT2D eigenvalue weighted by molar-refractivity contribution is 5.33. The van der Waals surface area contributed by atoms with Gasteiger partial charge in [-0.15, -0.1) is 0 Å². The van der Waals surface area contributed by atoms with E-state index in [1.54, 1.807) is 0 Å². The molecule has 1 saturated heterocycles. The fraction of sp³-hybridized carbons (Fsp3) is 0.455. The minimum absolute atomic E-state index is 0.0460. The fourth-order valence-electron chi connectivity index (χ4n) is 3.71. The number of likely N-dealkylation sites (tertiary alicyclic amines) is 1. The first kappa shape index (κ1) is 18.9. The van der Waals surface area contributed by atoms with Crippen LogP contribution in [0.1, 0.15) is 24.0 Å². The maximum atomic E-state index is 9.02. The molecule has 1 aliphatic rings. The molecule has 1 fully saturated rings. The minimum Gasteiger partial charge on any atom is -0.491 e. The predicted octanol–water partition coefficient (Wildman–Crippen LogP) is 3.15. The Labute approximate surface area is 157 Å². The van der Waals surface area contributed by atoms with Crippen LogP contribution in [0, 0.1) is 0 Å². The molecule has 0 aliphatic carbocycles. The topological polar surface area (TPSA) is 35.9 Å². The van der Waals surface area contributed by atoms with Crippen LogP contribution in [0.4, 0.5) is 0 Å². The summed E-state index contributed by atoms with van der Waals surface area (Å²) in [6.45, 7) is 4.50. The second-order valence-corrected chi connectivity index (χ2v) is 7.11. The molecule has 1 unspecified atom stereocenters. The highest BCUT2D eigenvalue weighted by Crippen LogP contribution is 2.23. The monoisotopic (exact) mass is 354 g/mol. The number of ether oxygens (including phenoxy) is 1. The van der Waals surface area contributed by atoms with Crippen LogP contribution in [-0.4, -0.2) is 54.3 Å². The molecule has 3 rings (SSSR count). The van der Waals surface area contributed by atoms with Crippen molar-refractivity contribution in [2.75, 3.05) is 33.4 Å². The SMILES string of the molecule is CN(Cc1ccccc1)C1CCCN(Cc2ccccc2OCCO)C1. The van der Waals surface area contributed by atoms with Crippen molar-refractivity contribution in [1.29, 1.82) is 0 Å². The molecule has 2 aromatic rings. The first-order valence-electron chi connectivity index (χ1n) is 9.54. The molecule has 1 aliphatic heterocycles. The second kappa shape index (κ2) is 9.72. The number of hydrogen-bond donors (Lipinski definition) is 1. The quantitative estimate of drug-likeness (QED) is 0.790. The Morgan fingerprint density at radius 3 is 2.69 bits per heavy atom. The van der Waals surface area contributed by atoms with E-state index in [0.717, 1.165) is 31.9 Å². The Kier molecular flexibility index (Phi) is 7.06. The molecule has 4 nitrogen and oxygen atoms in total. The maximum Gasteiger partial charge on any atom is 0.123 e. The highest BCUT2D eigenvalue weighted by atomic mass is 16.5. The molecule has 1 atom stereocenters. The Balaban J connectivity index is 1.58. The Morgan fingerprint density at radius 1 is 1.12 bits per heavy atom. The molecule has 4 heteroatoms. The van der Waals surface area contributed by atoms with Gasteiger partial charge in [-0.2, -0.15) is 0 Å². The zero-order valence-corrected chi connectivity index (χ0v) is 15.7. The van der Waals surface area contributed by atoms with Crippen LogP contribution in [0.25, 0.3) is 0 Å². The number of benzene rings is 2. The Hall–Kier alpha value is -1.88. The van der Waals surface area contributed by atoms with Crippen molar-refractivity contribution in [3.63, 3.8) is 0 Å². The summed E-state index contributed by atoms with van der Waals surface area (Å²) in [7, 11) is 2.24. The first-order chi connectivity index (χ1) is 12.8. The van der Waals surface area contributed by atoms with Crippen LogP contribution in [-0.2, 0) is 13.1 Å². The van der Waals surface area contributed by atoms with Gasteiger partial charge < -0.3 is 9.84 Å². The van der Waals surface area contributed by atoms with Crippen molar-refractivity contribution < 1.29 is 9.84 Å². The van der Waals surface area contributed by atoms with Crippen LogP contribution in [0.15, 0.2) is 54.6 Å². The lowest BCUT2D eigenvalue weighted by molar-refractivity contribution is 0.106. The lowest BCUT2D eigenvalue weighted by Crippen LogP contribution is -2.45. The lowest BCUT2D eigenvalue weighted by Gasteiger charge is -2.38. The molecule has 1 N–H and O–H groups in total. The van der Waals surface area contributed by atoms with Crippen molar-refractivity contribution >= 4 is 0 Å². The fourth-order valence-corrected chi connectivity index (χ4v) is 3.71. The van der Waals surface area contributed by atoms with Crippen LogP contribution in [0.2, 0.25) is 0 Å². The van der Waals surface area contributed by atoms with Gasteiger partial charge in [0.25, 0.3) is 0 Å². The molecule has 0 bridgehead atoms. The Morgan fingerprint density at radius 2 is 1.88 bits per heavy atom. The van der Waals surface area contributed by atoms with Crippen molar-refractivity contribution in [3.8, 4) is 5.75 Å². The normalized spacial score (nSPS) is 18.2. The second-order valence-electron chi connectivity index (χ2n) is 7.11. The average molecular weight is 354 g/mol. The summed E-state index contributed by atoms with van der Waals surface area (Å²) in [5.41, 5.74) is 2.57. The number of likely N-dealkylation sites (N-methyl/N-ethyl adjacent to an activating group) is 1. The molecule has 0 aromatic heterocycles. The first-order valence-corrected chi connectivity index (χ1v) is 9.54. The van der Waals surface area contributed by atoms with Crippen LogP contribution < -0.4 is 4.74 Å². The summed E-state index contributed by atoms with van der Waals surface area (Å²) in [5.74, 6) is 0.890. The van der Waals surface area contributed by atoms with Crippen molar-refractivity contribution in [2.24, 2.45) is 0 Å². The van der Waals surface area contributed by atoms with Crippen molar-refractivity contribution in [1.82, 2.24) is 9.80 Å². The van der Waals surface area contributed by atoms with Gasteiger partial charge in [0.05, 0.1) is 6.61 Å². The molecule has 0 radical (unpaired) electrons. The van der Waals surface area contributed by atoms with Gasteiger partial charge >= 0.3 is 0 Å². The van der Waals surface area contributed by atoms with Gasteiger partial charge in [-0.1, -0.05) is 48.5 Å². The minimum atomic E-state index is 0.0460. The standard InChI is InChI=1S/C22H30N2O2/c1-23(16-19-8-3-2-4-9-19)21-11-7-13-24(18-21)17-20-10-5-6-12-22(20)26-15-14-25/h2-6,8-10,12,21,25H,7,11,13-18H2,1H3. The summed E-state index contributed by atoms with van der Waals surface area (Å²) in [6, 6.07) is 19.4. The van der Waals surface area contributed by atoms with E-state index in [0.29, 0.717) is 12.6 Å². The lowest BCUT2D eigenvalue weighted by atomic mass is 10.0. The number of nitrogens with zero attached hydrogens (tertiary/aromatic N) is 2. The molecule has 0 saturated carbocycles. The number of aliphatic hydroxyl groups is 1. The molecule has 140 valence electrons. The third-order valence-electron chi connectivity index (χ3n) is 5.09. The number of rotatable bonds is 8. The summed E-state index contributed by atoms with van der Waals surface area (Å²) < 4.78 is 5.69. The van der Waals surface area contributed by atoms with E-state index in [2.05, 4.69) is 59.3 Å². The van der Waals surface area contributed by atoms with E-state index >= 15 is 0 Å². The third-order valence-corrected chi connectivity index (χ3v) is 5.09. The Bertz CT molecular complexity index is 662. The summed E-state index contributed by atoms with van der Waals surface area (Å²) in [5, 5.41) is 9.02. The maximum absolute atomic E-state index is 9.02. The molecule has 0 spiro atoms. The van der Waals surface area contributed by atoms with Crippen LogP contribution >= 0.6 is 0 Å². The van der Waals surface area contributed by atoms with E-state index in [9.17, 15) is 0 Å². The van der Waals surface area contributed by atoms with Gasteiger partial charge in [0, 0.05) is 31.2 Å². The van der Waals surface area contributed by atoms with E-state index in [1.165, 1.54) is 24.0 Å². The number of piperidine rings is 1. The predicted molar refractivity (Wildman–Crippen MR) is 105 cm³/mol. The number of aliphatic hydroxyl groups excluding tert-OH is 1. The molecule has 2 aromatic carbocycles. The van der Waals surface area contributed by atoms with E-state index < -0.39 is 0 Å². The summed E-state index contributed by atoms with van der Waals surface area (Å²) in [4.78, 5) is 5.01. The van der Waals surface area contributed by atoms with Crippen molar-refractivity contribution in [2.45, 2.75) is 32.0 Å². The van der Waals surface area contributed by atoms with Gasteiger partial charge in [0.2, 0.25) is 0 Å². The van der Waals surface area contributed by atoms with Gasteiger partial charge in [0.1, 0.15) is 12.4 Å². The van der Waals surface area contributed by atoms with Crippen LogP contribution in [0.3, 0.4) is 0 Å². The largest absolute Gasteiger partial charge is 0.491 e. The number of hydrogen-bond acceptors (Lipinski definition) is 4. The van der Waals surface area contributed by atoms with Gasteiger partial charge in [-0.25, -0.2) is 0 Å².